The van der Waals surface area contributed by atoms with Gasteiger partial charge in [0.1, 0.15) is 11.9 Å². The average molecular weight is 431 g/mol. The predicted octanol–water partition coefficient (Wildman–Crippen LogP) is 4.34. The second kappa shape index (κ2) is 6.74. The molecule has 2 unspecified atom stereocenters. The molecule has 2 atom stereocenters. The molecule has 3 N–H and O–H groups in total. The van der Waals surface area contributed by atoms with Gasteiger partial charge in [0.25, 0.3) is 6.43 Å². The number of alkyl halides is 2. The van der Waals surface area contributed by atoms with Gasteiger partial charge in [0.15, 0.2) is 0 Å². The van der Waals surface area contributed by atoms with Crippen LogP contribution in [0.1, 0.15) is 46.4 Å². The van der Waals surface area contributed by atoms with Crippen molar-refractivity contribution >= 4 is 15.9 Å². The maximum Gasteiger partial charge on any atom is 0.280 e. The summed E-state index contributed by atoms with van der Waals surface area (Å²) >= 11 is 3.51. The van der Waals surface area contributed by atoms with Crippen LogP contribution in [0.3, 0.4) is 0 Å². The van der Waals surface area contributed by atoms with E-state index in [9.17, 15) is 8.78 Å². The van der Waals surface area contributed by atoms with Crippen molar-refractivity contribution in [2.75, 3.05) is 0 Å². The first kappa shape index (κ1) is 18.2. The maximum atomic E-state index is 13.5. The summed E-state index contributed by atoms with van der Waals surface area (Å²) in [5.74, 6) is 0. The van der Waals surface area contributed by atoms with Crippen molar-refractivity contribution in [3.8, 4) is 0 Å². The van der Waals surface area contributed by atoms with Gasteiger partial charge >= 0.3 is 0 Å². The average Bonchev–Trinajstić information content (AvgIpc) is 2.95. The Kier molecular flexibility index (Phi) is 4.53. The number of aromatic nitrogens is 2. The fraction of sp³-hybridized carbons (Fsp3) is 0.200. The van der Waals surface area contributed by atoms with Gasteiger partial charge in [-0.3, -0.25) is 15.3 Å². The summed E-state index contributed by atoms with van der Waals surface area (Å²) in [5.41, 5.74) is 8.77. The summed E-state index contributed by atoms with van der Waals surface area (Å²) in [7, 11) is 0. The summed E-state index contributed by atoms with van der Waals surface area (Å²) in [6.07, 6.45) is -1.50. The zero-order valence-corrected chi connectivity index (χ0v) is 16.0. The van der Waals surface area contributed by atoms with E-state index in [1.165, 1.54) is 6.07 Å². The molecule has 0 fully saturated rings. The zero-order valence-electron chi connectivity index (χ0n) is 14.5. The Morgan fingerprint density at radius 2 is 1.96 bits per heavy atom. The van der Waals surface area contributed by atoms with Crippen molar-refractivity contribution < 1.29 is 8.78 Å². The van der Waals surface area contributed by atoms with Gasteiger partial charge in [-0.15, -0.1) is 0 Å². The van der Waals surface area contributed by atoms with E-state index in [1.54, 1.807) is 13.1 Å². The van der Waals surface area contributed by atoms with Gasteiger partial charge in [-0.2, -0.15) is 0 Å². The van der Waals surface area contributed by atoms with Gasteiger partial charge in [-0.25, -0.2) is 8.78 Å². The van der Waals surface area contributed by atoms with Crippen molar-refractivity contribution in [1.29, 1.82) is 0 Å². The third-order valence-electron chi connectivity index (χ3n) is 4.80. The lowest BCUT2D eigenvalue weighted by Crippen LogP contribution is -2.42. The Morgan fingerprint density at radius 3 is 2.70 bits per heavy atom. The van der Waals surface area contributed by atoms with E-state index in [0.717, 1.165) is 15.6 Å². The van der Waals surface area contributed by atoms with Crippen molar-refractivity contribution in [2.24, 2.45) is 5.73 Å². The lowest BCUT2D eigenvalue weighted by molar-refractivity contribution is 0.145. The third kappa shape index (κ3) is 2.96. The molecule has 1 aromatic carbocycles. The van der Waals surface area contributed by atoms with Crippen LogP contribution >= 0.6 is 15.9 Å². The quantitative estimate of drug-likeness (QED) is 0.648. The molecule has 4 rings (SSSR count). The van der Waals surface area contributed by atoms with Crippen LogP contribution in [0.5, 0.6) is 0 Å². The Hall–Kier alpha value is -2.22. The van der Waals surface area contributed by atoms with E-state index >= 15 is 0 Å². The number of benzene rings is 1. The Balaban J connectivity index is 2.06. The number of nitrogens with zero attached hydrogens (tertiary/aromatic N) is 2. The van der Waals surface area contributed by atoms with Crippen LogP contribution in [0.2, 0.25) is 0 Å². The summed E-state index contributed by atoms with van der Waals surface area (Å²) in [6, 6.07) is 14.7. The summed E-state index contributed by atoms with van der Waals surface area (Å²) < 4.78 is 27.8. The Bertz CT molecular complexity index is 1010. The van der Waals surface area contributed by atoms with Crippen molar-refractivity contribution in [2.45, 2.75) is 25.1 Å². The lowest BCUT2D eigenvalue weighted by Gasteiger charge is -2.33. The Morgan fingerprint density at radius 1 is 1.15 bits per heavy atom. The fourth-order valence-corrected chi connectivity index (χ4v) is 4.15. The third-order valence-corrected chi connectivity index (χ3v) is 5.29. The summed E-state index contributed by atoms with van der Waals surface area (Å²) in [5, 5.41) is 3.41. The van der Waals surface area contributed by atoms with Crippen LogP contribution in [0, 0.1) is 6.92 Å². The van der Waals surface area contributed by atoms with Crippen LogP contribution in [0.25, 0.3) is 0 Å². The smallest absolute Gasteiger partial charge is 0.280 e. The van der Waals surface area contributed by atoms with Crippen LogP contribution in [-0.2, 0) is 5.54 Å². The molecule has 138 valence electrons. The molecule has 27 heavy (non-hydrogen) atoms. The number of nitrogens with one attached hydrogen (secondary N) is 1. The maximum absolute atomic E-state index is 13.5. The normalized spacial score (nSPS) is 21.5. The number of nitrogens with two attached hydrogens (primary N) is 1. The van der Waals surface area contributed by atoms with Crippen molar-refractivity contribution in [3.63, 3.8) is 0 Å². The molecular weight excluding hydrogens is 414 g/mol. The van der Waals surface area contributed by atoms with Gasteiger partial charge < -0.3 is 5.73 Å². The first-order valence-electron chi connectivity index (χ1n) is 8.44. The SMILES string of the molecule is Cc1cc(C2(c3cccc(Br)c3)NC(N)c3ncccc32)cc(C(F)F)n1. The van der Waals surface area contributed by atoms with Gasteiger partial charge in [0, 0.05) is 21.9 Å². The molecule has 0 aliphatic carbocycles. The molecule has 2 aromatic heterocycles. The number of hydrogen-bond acceptors (Lipinski definition) is 4. The van der Waals surface area contributed by atoms with Gasteiger partial charge in [0.05, 0.1) is 11.2 Å². The minimum atomic E-state index is -2.66. The number of hydrogen-bond donors (Lipinski definition) is 2. The molecule has 0 saturated heterocycles. The molecule has 0 bridgehead atoms. The van der Waals surface area contributed by atoms with Crippen molar-refractivity contribution in [1.82, 2.24) is 15.3 Å². The number of aryl methyl sites for hydroxylation is 1. The number of pyridine rings is 2. The van der Waals surface area contributed by atoms with E-state index in [1.807, 2.05) is 42.5 Å². The van der Waals surface area contributed by atoms with E-state index in [-0.39, 0.29) is 5.69 Å². The molecule has 0 spiro atoms. The fourth-order valence-electron chi connectivity index (χ4n) is 3.75. The molecule has 0 saturated carbocycles. The predicted molar refractivity (Wildman–Crippen MR) is 102 cm³/mol. The summed E-state index contributed by atoms with van der Waals surface area (Å²) in [6.45, 7) is 1.71. The molecule has 4 nitrogen and oxygen atoms in total. The second-order valence-electron chi connectivity index (χ2n) is 6.54. The number of halogens is 3. The molecule has 3 aromatic rings. The van der Waals surface area contributed by atoms with Crippen molar-refractivity contribution in [3.05, 3.63) is 93.0 Å². The largest absolute Gasteiger partial charge is 0.311 e. The summed E-state index contributed by atoms with van der Waals surface area (Å²) in [4.78, 5) is 8.41. The number of rotatable bonds is 3. The minimum absolute atomic E-state index is 0.257. The highest BCUT2D eigenvalue weighted by Gasteiger charge is 2.46. The molecule has 0 radical (unpaired) electrons. The minimum Gasteiger partial charge on any atom is -0.311 e. The van der Waals surface area contributed by atoms with Crippen LogP contribution in [0.4, 0.5) is 8.78 Å². The van der Waals surface area contributed by atoms with Crippen LogP contribution in [0.15, 0.2) is 59.2 Å². The second-order valence-corrected chi connectivity index (χ2v) is 7.46. The molecule has 7 heteroatoms. The number of fused-ring (bicyclic) bond motifs is 1. The van der Waals surface area contributed by atoms with E-state index in [4.69, 9.17) is 5.73 Å². The topological polar surface area (TPSA) is 63.8 Å². The van der Waals surface area contributed by atoms with Gasteiger partial charge in [-0.05, 0) is 48.4 Å². The molecule has 1 aliphatic heterocycles. The molecule has 1 aliphatic rings. The molecule has 3 heterocycles. The first-order valence-corrected chi connectivity index (χ1v) is 9.23. The first-order chi connectivity index (χ1) is 12.9. The highest BCUT2D eigenvalue weighted by atomic mass is 79.9. The zero-order chi connectivity index (χ0) is 19.2. The van der Waals surface area contributed by atoms with E-state index in [2.05, 4.69) is 31.2 Å². The van der Waals surface area contributed by atoms with E-state index in [0.29, 0.717) is 17.0 Å². The molecular formula is C20H17BrF2N4. The van der Waals surface area contributed by atoms with Gasteiger partial charge in [0.2, 0.25) is 0 Å². The van der Waals surface area contributed by atoms with E-state index < -0.39 is 18.1 Å². The monoisotopic (exact) mass is 430 g/mol. The highest BCUT2D eigenvalue weighted by Crippen LogP contribution is 2.45. The van der Waals surface area contributed by atoms with Gasteiger partial charge in [-0.1, -0.05) is 34.1 Å². The molecule has 0 amide bonds. The highest BCUT2D eigenvalue weighted by molar-refractivity contribution is 9.10. The lowest BCUT2D eigenvalue weighted by atomic mass is 9.78. The van der Waals surface area contributed by atoms with Crippen LogP contribution < -0.4 is 11.1 Å². The Labute approximate surface area is 164 Å². The van der Waals surface area contributed by atoms with Crippen LogP contribution in [-0.4, -0.2) is 9.97 Å². The standard InChI is InChI=1S/C20H17BrF2N4/c1-11-8-13(10-16(26-11)18(22)23)20(12-4-2-5-14(21)9-12)15-6-3-7-25-17(15)19(24)27-20/h2-10,18-19,27H,24H2,1H3.